The van der Waals surface area contributed by atoms with E-state index in [1.54, 1.807) is 45.0 Å². The molecule has 0 fully saturated rings. The van der Waals surface area contributed by atoms with Gasteiger partial charge in [-0.1, -0.05) is 62.4 Å². The number of hydrogen-bond donors (Lipinski definition) is 3. The number of carbonyl (C=O) groups excluding carboxylic acids is 2. The van der Waals surface area contributed by atoms with Crippen molar-refractivity contribution in [1.82, 2.24) is 15.6 Å². The minimum atomic E-state index is -0.838. The van der Waals surface area contributed by atoms with Crippen LogP contribution < -0.4 is 24.8 Å². The lowest BCUT2D eigenvalue weighted by molar-refractivity contribution is -0.123. The van der Waals surface area contributed by atoms with Gasteiger partial charge in [-0.05, 0) is 92.5 Å². The molecule has 0 bridgehead atoms. The number of aromatic hydroxyl groups is 1. The molecule has 1 aliphatic heterocycles. The topological polar surface area (TPSA) is 128 Å². The van der Waals surface area contributed by atoms with Gasteiger partial charge in [0.05, 0.1) is 12.3 Å². The Balaban J connectivity index is 1.07. The highest BCUT2D eigenvalue weighted by Crippen LogP contribution is 2.36. The lowest BCUT2D eigenvalue weighted by Gasteiger charge is -2.27. The van der Waals surface area contributed by atoms with E-state index >= 15 is 0 Å². The molecule has 4 aromatic rings. The van der Waals surface area contributed by atoms with Gasteiger partial charge in [-0.2, -0.15) is 0 Å². The summed E-state index contributed by atoms with van der Waals surface area (Å²) in [5.74, 6) is 1.93. The summed E-state index contributed by atoms with van der Waals surface area (Å²) < 4.78 is 22.3. The third kappa shape index (κ3) is 10.6. The predicted octanol–water partition coefficient (Wildman–Crippen LogP) is 7.68. The molecule has 264 valence electrons. The first-order valence-corrected chi connectivity index (χ1v) is 17.0. The number of nitrogens with one attached hydrogen (secondary N) is 2. The van der Waals surface area contributed by atoms with Gasteiger partial charge in [0.25, 0.3) is 0 Å². The highest BCUT2D eigenvalue weighted by atomic mass is 16.7. The number of phenols is 1. The van der Waals surface area contributed by atoms with E-state index in [-0.39, 0.29) is 30.3 Å². The highest BCUT2D eigenvalue weighted by molar-refractivity contribution is 5.86. The maximum absolute atomic E-state index is 13.3. The number of ether oxygens (including phenoxy) is 4. The molecule has 10 heteroatoms. The van der Waals surface area contributed by atoms with Crippen molar-refractivity contribution in [2.45, 2.75) is 71.9 Å². The second kappa shape index (κ2) is 16.0. The number of hydrogen-bond acceptors (Lipinski definition) is 8. The molecule has 1 aliphatic rings. The van der Waals surface area contributed by atoms with Crippen molar-refractivity contribution in [1.29, 1.82) is 0 Å². The fraction of sp³-hybridized carbons (Fsp3) is 0.375. The zero-order valence-corrected chi connectivity index (χ0v) is 29.5. The van der Waals surface area contributed by atoms with Gasteiger partial charge >= 0.3 is 6.09 Å². The third-order valence-electron chi connectivity index (χ3n) is 8.23. The Morgan fingerprint density at radius 3 is 2.30 bits per heavy atom. The average Bonchev–Trinajstić information content (AvgIpc) is 3.55. The molecule has 0 saturated carbocycles. The molecule has 3 N–H and O–H groups in total. The largest absolute Gasteiger partial charge is 0.508 e. The van der Waals surface area contributed by atoms with Crippen molar-refractivity contribution in [2.24, 2.45) is 5.41 Å². The minimum absolute atomic E-state index is 0.132. The first-order chi connectivity index (χ1) is 23.8. The molecule has 0 spiro atoms. The molecule has 2 heterocycles. The number of alkyl carbamates (subject to hydrolysis) is 1. The van der Waals surface area contributed by atoms with Crippen molar-refractivity contribution in [3.05, 3.63) is 90.5 Å². The smallest absolute Gasteiger partial charge is 0.408 e. The maximum Gasteiger partial charge on any atom is 0.408 e. The van der Waals surface area contributed by atoms with Crippen LogP contribution in [0.5, 0.6) is 23.1 Å². The quantitative estimate of drug-likeness (QED) is 0.116. The summed E-state index contributed by atoms with van der Waals surface area (Å²) in [4.78, 5) is 30.5. The molecule has 0 aliphatic carbocycles. The summed E-state index contributed by atoms with van der Waals surface area (Å²) in [6, 6.07) is 25.7. The molecule has 50 heavy (non-hydrogen) atoms. The summed E-state index contributed by atoms with van der Waals surface area (Å²) in [5.41, 5.74) is 3.88. The first kappa shape index (κ1) is 36.0. The zero-order valence-electron chi connectivity index (χ0n) is 29.5. The fourth-order valence-electron chi connectivity index (χ4n) is 5.51. The Morgan fingerprint density at radius 2 is 1.56 bits per heavy atom. The lowest BCUT2D eigenvalue weighted by atomic mass is 9.87. The summed E-state index contributed by atoms with van der Waals surface area (Å²) in [6.45, 7) is 10.7. The van der Waals surface area contributed by atoms with Gasteiger partial charge in [0.2, 0.25) is 18.6 Å². The summed E-state index contributed by atoms with van der Waals surface area (Å²) in [6.07, 6.45) is 2.19. The monoisotopic (exact) mass is 681 g/mol. The van der Waals surface area contributed by atoms with Crippen LogP contribution >= 0.6 is 0 Å². The number of pyridine rings is 1. The first-order valence-electron chi connectivity index (χ1n) is 17.0. The standard InChI is InChI=1S/C40H47N3O7/c1-39(2,3)50-38(46)43-33(23-27-11-18-31(44)19-12-27)37(45)41-25-40(4,5)21-6-7-22-47-36-10-8-9-32(42-36)29-15-13-28(14-16-29)30-17-20-34-35(24-30)49-26-48-34/h8-20,24,33,44H,6-7,21-23,25-26H2,1-5H3,(H,41,45)(H,43,46). The van der Waals surface area contributed by atoms with Crippen molar-refractivity contribution in [3.8, 4) is 45.5 Å². The number of fused-ring (bicyclic) bond motifs is 1. The van der Waals surface area contributed by atoms with Crippen LogP contribution in [0.25, 0.3) is 22.4 Å². The molecule has 0 saturated heterocycles. The van der Waals surface area contributed by atoms with Gasteiger partial charge in [0, 0.05) is 24.6 Å². The van der Waals surface area contributed by atoms with E-state index in [1.807, 2.05) is 36.4 Å². The molecule has 1 aromatic heterocycles. The summed E-state index contributed by atoms with van der Waals surface area (Å²) in [7, 11) is 0. The zero-order chi connectivity index (χ0) is 35.7. The molecular weight excluding hydrogens is 634 g/mol. The number of rotatable bonds is 14. The Morgan fingerprint density at radius 1 is 0.860 bits per heavy atom. The SMILES string of the molecule is CC(C)(CCCCOc1cccc(-c2ccc(-c3ccc4c(c3)OCO4)cc2)n1)CNC(=O)C(Cc1ccc(O)cc1)NC(=O)OC(C)(C)C. The van der Waals surface area contributed by atoms with Crippen LogP contribution in [-0.2, 0) is 16.0 Å². The third-order valence-corrected chi connectivity index (χ3v) is 8.23. The van der Waals surface area contributed by atoms with Crippen LogP contribution in [0, 0.1) is 5.41 Å². The molecule has 1 atom stereocenters. The summed E-state index contributed by atoms with van der Waals surface area (Å²) >= 11 is 0. The number of phenolic OH excluding ortho intramolecular Hbond substituents is 1. The average molecular weight is 682 g/mol. The van der Waals surface area contributed by atoms with Gasteiger partial charge in [0.15, 0.2) is 11.5 Å². The molecule has 1 unspecified atom stereocenters. The number of aromatic nitrogens is 1. The summed E-state index contributed by atoms with van der Waals surface area (Å²) in [5, 5.41) is 15.4. The maximum atomic E-state index is 13.3. The Hall–Kier alpha value is -5.25. The molecule has 3 aromatic carbocycles. The van der Waals surface area contributed by atoms with Crippen LogP contribution in [0.2, 0.25) is 0 Å². The van der Waals surface area contributed by atoms with Crippen LogP contribution in [0.4, 0.5) is 4.79 Å². The predicted molar refractivity (Wildman–Crippen MR) is 192 cm³/mol. The van der Waals surface area contributed by atoms with Crippen molar-refractivity contribution >= 4 is 12.0 Å². The van der Waals surface area contributed by atoms with Crippen LogP contribution in [0.3, 0.4) is 0 Å². The van der Waals surface area contributed by atoms with Crippen molar-refractivity contribution in [2.75, 3.05) is 19.9 Å². The number of benzene rings is 3. The number of amides is 2. The molecular formula is C40H47N3O7. The van der Waals surface area contributed by atoms with E-state index in [1.165, 1.54) is 0 Å². The molecule has 2 amide bonds. The second-order valence-electron chi connectivity index (χ2n) is 14.3. The normalized spacial score (nSPS) is 13.0. The number of carbonyl (C=O) groups is 2. The highest BCUT2D eigenvalue weighted by Gasteiger charge is 2.27. The van der Waals surface area contributed by atoms with Gasteiger partial charge in [-0.25, -0.2) is 9.78 Å². The van der Waals surface area contributed by atoms with E-state index in [0.717, 1.165) is 58.7 Å². The van der Waals surface area contributed by atoms with E-state index in [0.29, 0.717) is 19.0 Å². The van der Waals surface area contributed by atoms with Crippen LogP contribution in [-0.4, -0.2) is 53.7 Å². The molecule has 5 rings (SSSR count). The fourth-order valence-corrected chi connectivity index (χ4v) is 5.51. The van der Waals surface area contributed by atoms with Gasteiger partial charge < -0.3 is 34.7 Å². The van der Waals surface area contributed by atoms with E-state index in [2.05, 4.69) is 48.7 Å². The van der Waals surface area contributed by atoms with E-state index in [4.69, 9.17) is 23.9 Å². The van der Waals surface area contributed by atoms with Crippen LogP contribution in [0.1, 0.15) is 59.4 Å². The molecule has 10 nitrogen and oxygen atoms in total. The lowest BCUT2D eigenvalue weighted by Crippen LogP contribution is -2.50. The van der Waals surface area contributed by atoms with E-state index < -0.39 is 17.7 Å². The van der Waals surface area contributed by atoms with E-state index in [9.17, 15) is 14.7 Å². The second-order valence-corrected chi connectivity index (χ2v) is 14.3. The number of unbranched alkanes of at least 4 members (excludes halogenated alkanes) is 1. The Kier molecular flexibility index (Phi) is 11.5. The Bertz CT molecular complexity index is 1750. The number of nitrogens with zero attached hydrogens (tertiary/aromatic N) is 1. The van der Waals surface area contributed by atoms with Crippen molar-refractivity contribution < 1.29 is 33.6 Å². The van der Waals surface area contributed by atoms with Gasteiger partial charge in [-0.15, -0.1) is 0 Å². The van der Waals surface area contributed by atoms with Gasteiger partial charge in [-0.3, -0.25) is 4.79 Å². The Labute approximate surface area is 294 Å². The van der Waals surface area contributed by atoms with Crippen LogP contribution in [0.15, 0.2) is 84.9 Å². The van der Waals surface area contributed by atoms with Gasteiger partial charge in [0.1, 0.15) is 17.4 Å². The van der Waals surface area contributed by atoms with Crippen molar-refractivity contribution in [3.63, 3.8) is 0 Å². The minimum Gasteiger partial charge on any atom is -0.508 e. The molecule has 0 radical (unpaired) electrons.